The minimum Gasteiger partial charge on any atom is -1.00 e. The summed E-state index contributed by atoms with van der Waals surface area (Å²) in [7, 11) is 0. The molecule has 0 spiro atoms. The van der Waals surface area contributed by atoms with Crippen LogP contribution in [0.25, 0.3) is 22.7 Å². The first-order valence-electron chi connectivity index (χ1n) is 10.1. The number of hydrogen-bond donors (Lipinski definition) is 0. The van der Waals surface area contributed by atoms with Crippen LogP contribution < -0.4 is 24.8 Å². The smallest absolute Gasteiger partial charge is 1.00 e. The third-order valence-electron chi connectivity index (χ3n) is 6.47. The van der Waals surface area contributed by atoms with E-state index in [0.29, 0.717) is 3.63 Å². The Morgan fingerprint density at radius 2 is 1.57 bits per heavy atom. The molecule has 0 aliphatic heterocycles. The molecule has 1 unspecified atom stereocenters. The number of fused-ring (bicyclic) bond motifs is 2. The third-order valence-corrected chi connectivity index (χ3v) is 10.9. The van der Waals surface area contributed by atoms with Crippen molar-refractivity contribution in [2.45, 2.75) is 37.7 Å². The normalized spacial score (nSPS) is 17.5. The van der Waals surface area contributed by atoms with E-state index in [1.807, 2.05) is 0 Å². The summed E-state index contributed by atoms with van der Waals surface area (Å²) in [6.07, 6.45) is 3.67. The van der Waals surface area contributed by atoms with Crippen LogP contribution in [0, 0.1) is 6.92 Å². The first kappa shape index (κ1) is 23.3. The summed E-state index contributed by atoms with van der Waals surface area (Å²) in [5.41, 5.74) is 11.8. The fraction of sp³-hybridized carbons (Fsp3) is 0.231. The van der Waals surface area contributed by atoms with Gasteiger partial charge in [0.05, 0.1) is 0 Å². The van der Waals surface area contributed by atoms with Gasteiger partial charge in [0.1, 0.15) is 0 Å². The summed E-state index contributed by atoms with van der Waals surface area (Å²) in [6.45, 7) is 9.22. The molecule has 5 rings (SSSR count). The van der Waals surface area contributed by atoms with E-state index in [4.69, 9.17) is 0 Å². The Hall–Kier alpha value is -1.34. The Morgan fingerprint density at radius 3 is 2.30 bits per heavy atom. The Bertz CT molecular complexity index is 1210. The Morgan fingerprint density at radius 1 is 0.867 bits per heavy atom. The van der Waals surface area contributed by atoms with Crippen LogP contribution in [0.15, 0.2) is 74.6 Å². The number of rotatable bonds is 3. The van der Waals surface area contributed by atoms with Gasteiger partial charge in [0.2, 0.25) is 0 Å². The predicted molar refractivity (Wildman–Crippen MR) is 116 cm³/mol. The van der Waals surface area contributed by atoms with E-state index in [0.717, 1.165) is 0 Å². The van der Waals surface area contributed by atoms with Gasteiger partial charge in [0.25, 0.3) is 0 Å². The Labute approximate surface area is 203 Å². The zero-order valence-corrected chi connectivity index (χ0v) is 21.7. The van der Waals surface area contributed by atoms with Crippen molar-refractivity contribution < 1.29 is 48.0 Å². The van der Waals surface area contributed by atoms with Crippen LogP contribution in [0.3, 0.4) is 0 Å². The molecule has 0 saturated heterocycles. The molecule has 1 heterocycles. The van der Waals surface area contributed by atoms with Gasteiger partial charge in [-0.25, -0.2) is 0 Å². The van der Waals surface area contributed by atoms with Crippen molar-refractivity contribution in [3.05, 3.63) is 91.4 Å². The van der Waals surface area contributed by atoms with Crippen LogP contribution in [-0.2, 0) is 23.2 Å². The van der Waals surface area contributed by atoms with Gasteiger partial charge in [-0.15, -0.1) is 0 Å². The summed E-state index contributed by atoms with van der Waals surface area (Å²) in [5.74, 6) is 0. The van der Waals surface area contributed by atoms with Gasteiger partial charge in [-0.3, -0.25) is 0 Å². The summed E-state index contributed by atoms with van der Waals surface area (Å²) in [6, 6.07) is 20.2. The Kier molecular flexibility index (Phi) is 7.02. The van der Waals surface area contributed by atoms with Gasteiger partial charge in [-0.1, -0.05) is 0 Å². The fourth-order valence-electron chi connectivity index (χ4n) is 4.70. The molecule has 2 aliphatic carbocycles. The monoisotopic (exact) mass is 511 g/mol. The van der Waals surface area contributed by atoms with Gasteiger partial charge in [0.15, 0.2) is 0 Å². The fourth-order valence-corrected chi connectivity index (χ4v) is 9.36. The second kappa shape index (κ2) is 9.03. The quantitative estimate of drug-likeness (QED) is 0.495. The summed E-state index contributed by atoms with van der Waals surface area (Å²) in [4.78, 5) is 0. The third kappa shape index (κ3) is 3.72. The number of nitrogens with zero attached hydrogens (tertiary/aromatic N) is 1. The van der Waals surface area contributed by atoms with Crippen molar-refractivity contribution in [3.8, 4) is 0 Å². The summed E-state index contributed by atoms with van der Waals surface area (Å²) >= 11 is -0.809. The average molecular weight is 514 g/mol. The minimum atomic E-state index is -0.809. The predicted octanol–water partition coefficient (Wildman–Crippen LogP) is 1.11. The number of halogens is 2. The molecule has 0 bridgehead atoms. The first-order chi connectivity index (χ1) is 13.5. The molecule has 3 aromatic rings. The van der Waals surface area contributed by atoms with Crippen molar-refractivity contribution in [3.63, 3.8) is 0 Å². The molecule has 1 nitrogen and oxygen atoms in total. The molecule has 0 amide bonds. The summed E-state index contributed by atoms with van der Waals surface area (Å²) < 4.78 is 4.89. The molecule has 1 aromatic heterocycles. The van der Waals surface area contributed by atoms with Crippen molar-refractivity contribution >= 4 is 22.7 Å². The van der Waals surface area contributed by atoms with Crippen molar-refractivity contribution in [2.24, 2.45) is 0 Å². The van der Waals surface area contributed by atoms with Gasteiger partial charge in [0, 0.05) is 0 Å². The number of allylic oxidation sites excluding steroid dienone is 5. The SMILES string of the molecule is CC1=C(C)C(C)=[C]([Zr+2][CH]2C(n3c(C)cc4ccccc43)=Cc3ccccc32)C1.[Cl-].[Cl-]. The van der Waals surface area contributed by atoms with E-state index in [1.54, 1.807) is 20.0 Å². The maximum atomic E-state index is 2.53. The van der Waals surface area contributed by atoms with Crippen molar-refractivity contribution in [1.29, 1.82) is 0 Å². The van der Waals surface area contributed by atoms with Gasteiger partial charge in [-0.2, -0.15) is 0 Å². The molecular weight excluding hydrogens is 488 g/mol. The molecule has 2 aliphatic rings. The average Bonchev–Trinajstić information content (AvgIpc) is 3.29. The molecule has 1 atom stereocenters. The van der Waals surface area contributed by atoms with E-state index in [2.05, 4.69) is 92.9 Å². The van der Waals surface area contributed by atoms with E-state index >= 15 is 0 Å². The zero-order valence-electron chi connectivity index (χ0n) is 17.8. The van der Waals surface area contributed by atoms with Crippen LogP contribution in [-0.4, -0.2) is 4.57 Å². The molecule has 0 saturated carbocycles. The van der Waals surface area contributed by atoms with Crippen LogP contribution >= 0.6 is 0 Å². The number of aryl methyl sites for hydroxylation is 1. The van der Waals surface area contributed by atoms with Crippen LogP contribution in [0.5, 0.6) is 0 Å². The van der Waals surface area contributed by atoms with E-state index in [-0.39, 0.29) is 24.8 Å². The topological polar surface area (TPSA) is 4.93 Å². The summed E-state index contributed by atoms with van der Waals surface area (Å²) in [5, 5.41) is 1.34. The maximum Gasteiger partial charge on any atom is -1.00 e. The molecule has 0 fully saturated rings. The molecule has 2 aromatic carbocycles. The largest absolute Gasteiger partial charge is 1.00 e. The van der Waals surface area contributed by atoms with Crippen LogP contribution in [0.4, 0.5) is 0 Å². The second-order valence-corrected chi connectivity index (χ2v) is 11.8. The van der Waals surface area contributed by atoms with Crippen molar-refractivity contribution in [2.75, 3.05) is 0 Å². The van der Waals surface area contributed by atoms with Gasteiger partial charge >= 0.3 is 180 Å². The van der Waals surface area contributed by atoms with Gasteiger partial charge in [-0.05, 0) is 0 Å². The number of aromatic nitrogens is 1. The Balaban J connectivity index is 0.00000128. The molecule has 0 radical (unpaired) electrons. The molecule has 0 N–H and O–H groups in total. The van der Waals surface area contributed by atoms with E-state index in [9.17, 15) is 0 Å². The standard InChI is InChI=1S/C18H14N.C8H11.2ClH.Zr/c1-13-10-16-8-4-5-9-18(16)19(13)17-11-14-6-2-3-7-15(14)12-17;1-6-4-5-7(2)8(6)3;;;/h2-12H,1H3;4H2,1-3H3;2*1H;/q;;;;+2/p-2. The number of benzene rings is 2. The molecule has 152 valence electrons. The van der Waals surface area contributed by atoms with Crippen LogP contribution in [0.1, 0.15) is 47.6 Å². The van der Waals surface area contributed by atoms with E-state index in [1.165, 1.54) is 39.9 Å². The molecule has 4 heteroatoms. The minimum absolute atomic E-state index is 0. The van der Waals surface area contributed by atoms with Gasteiger partial charge < -0.3 is 24.8 Å². The van der Waals surface area contributed by atoms with Crippen molar-refractivity contribution in [1.82, 2.24) is 4.57 Å². The number of hydrogen-bond acceptors (Lipinski definition) is 0. The zero-order chi connectivity index (χ0) is 19.4. The van der Waals surface area contributed by atoms with E-state index < -0.39 is 23.2 Å². The maximum absolute atomic E-state index is 2.53. The van der Waals surface area contributed by atoms with Crippen LogP contribution in [0.2, 0.25) is 0 Å². The molecular formula is C26H25Cl2NZr. The second-order valence-electron chi connectivity index (χ2n) is 8.14. The molecule has 30 heavy (non-hydrogen) atoms. The first-order valence-corrected chi connectivity index (χ1v) is 12.7. The number of para-hydroxylation sites is 1.